The van der Waals surface area contributed by atoms with Crippen LogP contribution in [0.15, 0.2) is 41.3 Å². The number of amides is 3. The number of halogens is 1. The van der Waals surface area contributed by atoms with Crippen LogP contribution in [-0.2, 0) is 11.3 Å². The summed E-state index contributed by atoms with van der Waals surface area (Å²) in [5.74, 6) is 0.392. The zero-order chi connectivity index (χ0) is 28.2. The molecule has 2 fully saturated rings. The summed E-state index contributed by atoms with van der Waals surface area (Å²) >= 11 is 0. The van der Waals surface area contributed by atoms with Gasteiger partial charge < -0.3 is 26.4 Å². The Labute approximate surface area is 240 Å². The lowest BCUT2D eigenvalue weighted by Gasteiger charge is -2.37. The third-order valence-corrected chi connectivity index (χ3v) is 7.71. The standard InChI is InChI=1S/C27H40N8O4.ClH/c1-19(28)21-7-10-32(11-8-21)17-20-3-5-22(6-4-20)35-12-9-23(31-26(35)39)30-25(38)34-15-13-33(14-16-34)24(37)27(2,29)18-36;/h3-6,9,12,19,21,36H,7-8,10-11,13-18,28-29H2,1-2H3,(H,30,31,38,39);1H/t19-,27-;/m0./s1. The molecule has 0 spiro atoms. The molecule has 220 valence electrons. The minimum Gasteiger partial charge on any atom is -0.394 e. The van der Waals surface area contributed by atoms with Crippen LogP contribution in [-0.4, -0.2) is 98.8 Å². The summed E-state index contributed by atoms with van der Waals surface area (Å²) in [5, 5.41) is 12.0. The summed E-state index contributed by atoms with van der Waals surface area (Å²) in [6, 6.07) is 9.26. The normalized spacial score (nSPS) is 18.9. The van der Waals surface area contributed by atoms with Crippen molar-refractivity contribution in [1.82, 2.24) is 24.3 Å². The van der Waals surface area contributed by atoms with E-state index in [1.54, 1.807) is 17.2 Å². The molecular formula is C27H41ClN8O4. The van der Waals surface area contributed by atoms with Crippen molar-refractivity contribution in [2.75, 3.05) is 51.2 Å². The number of aliphatic hydroxyl groups is 1. The van der Waals surface area contributed by atoms with Crippen LogP contribution in [0.3, 0.4) is 0 Å². The predicted molar refractivity (Wildman–Crippen MR) is 156 cm³/mol. The molecule has 13 heteroatoms. The molecule has 2 aliphatic heterocycles. The third-order valence-electron chi connectivity index (χ3n) is 7.71. The molecule has 0 unspecified atom stereocenters. The summed E-state index contributed by atoms with van der Waals surface area (Å²) in [6.45, 7) is 7.24. The van der Waals surface area contributed by atoms with Gasteiger partial charge in [0.2, 0.25) is 5.91 Å². The van der Waals surface area contributed by atoms with E-state index in [1.165, 1.54) is 22.0 Å². The van der Waals surface area contributed by atoms with Crippen molar-refractivity contribution in [1.29, 1.82) is 0 Å². The molecule has 2 aliphatic rings. The number of aliphatic hydroxyl groups excluding tert-OH is 1. The first-order chi connectivity index (χ1) is 18.6. The van der Waals surface area contributed by atoms with Crippen molar-refractivity contribution in [3.63, 3.8) is 0 Å². The fourth-order valence-electron chi connectivity index (χ4n) is 5.06. The quantitative estimate of drug-likeness (QED) is 0.372. The molecule has 6 N–H and O–H groups in total. The average Bonchev–Trinajstić information content (AvgIpc) is 2.93. The van der Waals surface area contributed by atoms with E-state index in [0.29, 0.717) is 37.8 Å². The van der Waals surface area contributed by atoms with Gasteiger partial charge in [-0.25, -0.2) is 9.59 Å². The van der Waals surface area contributed by atoms with Crippen LogP contribution in [0.4, 0.5) is 10.6 Å². The highest BCUT2D eigenvalue weighted by molar-refractivity contribution is 5.89. The molecule has 0 bridgehead atoms. The third kappa shape index (κ3) is 7.58. The minimum atomic E-state index is -1.35. The molecule has 40 heavy (non-hydrogen) atoms. The van der Waals surface area contributed by atoms with Crippen LogP contribution in [0.2, 0.25) is 0 Å². The lowest BCUT2D eigenvalue weighted by atomic mass is 9.91. The van der Waals surface area contributed by atoms with Crippen molar-refractivity contribution < 1.29 is 14.7 Å². The predicted octanol–water partition coefficient (Wildman–Crippen LogP) is 0.599. The van der Waals surface area contributed by atoms with E-state index < -0.39 is 23.9 Å². The smallest absolute Gasteiger partial charge is 0.354 e. The largest absolute Gasteiger partial charge is 0.394 e. The summed E-state index contributed by atoms with van der Waals surface area (Å²) in [7, 11) is 0. The van der Waals surface area contributed by atoms with Gasteiger partial charge in [-0.2, -0.15) is 4.98 Å². The Morgan fingerprint density at radius 2 is 1.68 bits per heavy atom. The SMILES string of the molecule is C[C@H](N)C1CCN(Cc2ccc(-n3ccc(NC(=O)N4CCN(C(=O)[C@@](C)(N)CO)CC4)nc3=O)cc2)CC1.Cl. The Bertz CT molecular complexity index is 1200. The van der Waals surface area contributed by atoms with Gasteiger partial charge in [0, 0.05) is 45.0 Å². The monoisotopic (exact) mass is 576 g/mol. The fraction of sp³-hybridized carbons (Fsp3) is 0.556. The highest BCUT2D eigenvalue weighted by atomic mass is 35.5. The molecule has 0 aliphatic carbocycles. The Kier molecular flexibility index (Phi) is 10.7. The first kappa shape index (κ1) is 31.5. The summed E-state index contributed by atoms with van der Waals surface area (Å²) in [6.07, 6.45) is 3.83. The maximum absolute atomic E-state index is 12.7. The van der Waals surface area contributed by atoms with Crippen LogP contribution in [0, 0.1) is 5.92 Å². The lowest BCUT2D eigenvalue weighted by Crippen LogP contribution is -2.60. The maximum Gasteiger partial charge on any atom is 0.354 e. The van der Waals surface area contributed by atoms with E-state index in [9.17, 15) is 19.5 Å². The first-order valence-electron chi connectivity index (χ1n) is 13.5. The van der Waals surface area contributed by atoms with Crippen LogP contribution in [0.5, 0.6) is 0 Å². The van der Waals surface area contributed by atoms with Crippen molar-refractivity contribution in [3.05, 3.63) is 52.6 Å². The Morgan fingerprint density at radius 3 is 2.23 bits per heavy atom. The number of anilines is 1. The van der Waals surface area contributed by atoms with Gasteiger partial charge >= 0.3 is 11.7 Å². The second-order valence-electron chi connectivity index (χ2n) is 10.9. The number of hydrogen-bond donors (Lipinski definition) is 4. The van der Waals surface area contributed by atoms with Crippen LogP contribution in [0.1, 0.15) is 32.3 Å². The molecule has 2 saturated heterocycles. The number of benzene rings is 1. The highest BCUT2D eigenvalue weighted by Crippen LogP contribution is 2.21. The maximum atomic E-state index is 12.7. The van der Waals surface area contributed by atoms with E-state index in [0.717, 1.165) is 32.5 Å². The van der Waals surface area contributed by atoms with Crippen LogP contribution >= 0.6 is 12.4 Å². The van der Waals surface area contributed by atoms with Gasteiger partial charge in [-0.1, -0.05) is 12.1 Å². The highest BCUT2D eigenvalue weighted by Gasteiger charge is 2.34. The van der Waals surface area contributed by atoms with Gasteiger partial charge in [-0.3, -0.25) is 19.6 Å². The molecule has 0 saturated carbocycles. The molecule has 12 nitrogen and oxygen atoms in total. The topological polar surface area (TPSA) is 163 Å². The number of carbonyl (C=O) groups excluding carboxylic acids is 2. The van der Waals surface area contributed by atoms with Crippen molar-refractivity contribution >= 4 is 30.2 Å². The number of nitrogens with zero attached hydrogens (tertiary/aromatic N) is 5. The van der Waals surface area contributed by atoms with Gasteiger partial charge in [0.05, 0.1) is 12.3 Å². The Morgan fingerprint density at radius 1 is 1.07 bits per heavy atom. The van der Waals surface area contributed by atoms with Gasteiger partial charge in [0.15, 0.2) is 0 Å². The average molecular weight is 577 g/mol. The zero-order valence-electron chi connectivity index (χ0n) is 23.2. The van der Waals surface area contributed by atoms with Gasteiger partial charge in [-0.15, -0.1) is 12.4 Å². The number of nitrogens with one attached hydrogen (secondary N) is 1. The number of piperazine rings is 1. The molecule has 4 rings (SSSR count). The second-order valence-corrected chi connectivity index (χ2v) is 10.9. The Hall–Kier alpha value is -3.03. The number of urea groups is 1. The molecule has 2 aromatic rings. The molecule has 1 aromatic carbocycles. The van der Waals surface area contributed by atoms with Crippen molar-refractivity contribution in [2.45, 2.75) is 44.8 Å². The van der Waals surface area contributed by atoms with E-state index >= 15 is 0 Å². The number of nitrogens with two attached hydrogens (primary N) is 2. The number of aromatic nitrogens is 2. The van der Waals surface area contributed by atoms with Crippen molar-refractivity contribution in [3.8, 4) is 5.69 Å². The van der Waals surface area contributed by atoms with E-state index in [1.807, 2.05) is 24.3 Å². The first-order valence-corrected chi connectivity index (χ1v) is 13.5. The minimum absolute atomic E-state index is 0. The number of hydrogen-bond acceptors (Lipinski definition) is 8. The van der Waals surface area contributed by atoms with E-state index in [4.69, 9.17) is 11.5 Å². The lowest BCUT2D eigenvalue weighted by molar-refractivity contribution is -0.139. The number of rotatable bonds is 7. The van der Waals surface area contributed by atoms with E-state index in [-0.39, 0.29) is 30.2 Å². The molecule has 0 radical (unpaired) electrons. The van der Waals surface area contributed by atoms with Crippen LogP contribution in [0.25, 0.3) is 5.69 Å². The summed E-state index contributed by atoms with van der Waals surface area (Å²) in [5.41, 5.74) is 11.9. The van der Waals surface area contributed by atoms with Crippen molar-refractivity contribution in [2.24, 2.45) is 17.4 Å². The second kappa shape index (κ2) is 13.6. The molecule has 2 atom stereocenters. The molecule has 1 aromatic heterocycles. The number of piperidine rings is 1. The molecule has 3 amide bonds. The zero-order valence-corrected chi connectivity index (χ0v) is 24.0. The fourth-order valence-corrected chi connectivity index (χ4v) is 5.06. The van der Waals surface area contributed by atoms with Gasteiger partial charge in [0.25, 0.3) is 0 Å². The number of carbonyl (C=O) groups is 2. The summed E-state index contributed by atoms with van der Waals surface area (Å²) < 4.78 is 1.43. The van der Waals surface area contributed by atoms with Crippen LogP contribution < -0.4 is 22.5 Å². The van der Waals surface area contributed by atoms with Gasteiger partial charge in [-0.05, 0) is 69.5 Å². The molecule has 3 heterocycles. The van der Waals surface area contributed by atoms with Gasteiger partial charge in [0.1, 0.15) is 11.4 Å². The Balaban J connectivity index is 0.00000441. The molecular weight excluding hydrogens is 536 g/mol. The number of likely N-dealkylation sites (tertiary alicyclic amines) is 1. The summed E-state index contributed by atoms with van der Waals surface area (Å²) in [4.78, 5) is 47.4. The van der Waals surface area contributed by atoms with E-state index in [2.05, 4.69) is 22.1 Å².